The monoisotopic (exact) mass is 580 g/mol. The highest BCUT2D eigenvalue weighted by Crippen LogP contribution is 2.33. The third-order valence-electron chi connectivity index (χ3n) is 5.52. The molecule has 3 rings (SSSR count). The van der Waals surface area contributed by atoms with Crippen LogP contribution in [0.15, 0.2) is 41.5 Å². The highest BCUT2D eigenvalue weighted by molar-refractivity contribution is 7.14. The van der Waals surface area contributed by atoms with Gasteiger partial charge in [0.2, 0.25) is 5.76 Å². The molecule has 1 amide bonds. The first-order valence-electron chi connectivity index (χ1n) is 11.9. The lowest BCUT2D eigenvalue weighted by Crippen LogP contribution is -2.12. The van der Waals surface area contributed by atoms with Gasteiger partial charge in [0, 0.05) is 22.1 Å². The van der Waals surface area contributed by atoms with E-state index in [9.17, 15) is 9.59 Å². The maximum absolute atomic E-state index is 15.1. The van der Waals surface area contributed by atoms with Crippen molar-refractivity contribution in [3.8, 4) is 17.0 Å². The van der Waals surface area contributed by atoms with Crippen LogP contribution < -0.4 is 10.1 Å². The van der Waals surface area contributed by atoms with E-state index in [2.05, 4.69) is 17.2 Å². The molecule has 1 aromatic heterocycles. The first-order chi connectivity index (χ1) is 18.2. The predicted molar refractivity (Wildman–Crippen MR) is 149 cm³/mol. The van der Waals surface area contributed by atoms with E-state index in [1.807, 2.05) is 0 Å². The van der Waals surface area contributed by atoms with E-state index in [1.54, 1.807) is 23.6 Å². The minimum atomic E-state index is -1.29. The smallest absolute Gasteiger partial charge is 0.371 e. The average Bonchev–Trinajstić information content (AvgIpc) is 3.34. The number of ether oxygens (including phenoxy) is 2. The number of hydrogen-bond donors (Lipinski definition) is 2. The van der Waals surface area contributed by atoms with Gasteiger partial charge in [0.05, 0.1) is 29.5 Å². The number of amides is 1. The summed E-state index contributed by atoms with van der Waals surface area (Å²) >= 11 is 13.6. The number of carbonyl (C=O) groups is 2. The molecule has 0 aliphatic rings. The van der Waals surface area contributed by atoms with Gasteiger partial charge in [0.1, 0.15) is 0 Å². The van der Waals surface area contributed by atoms with Crippen LogP contribution in [0.25, 0.3) is 17.3 Å². The number of aliphatic carboxylic acids is 1. The number of carboxylic acid groups (broad SMARTS) is 1. The van der Waals surface area contributed by atoms with Gasteiger partial charge in [-0.3, -0.25) is 10.1 Å². The molecule has 0 unspecified atom stereocenters. The molecule has 0 fully saturated rings. The topological polar surface area (TPSA) is 97.8 Å². The Balaban J connectivity index is 1.71. The van der Waals surface area contributed by atoms with Crippen molar-refractivity contribution >= 4 is 57.6 Å². The van der Waals surface area contributed by atoms with Gasteiger partial charge in [0.25, 0.3) is 5.91 Å². The number of rotatable bonds is 13. The van der Waals surface area contributed by atoms with Crippen LogP contribution in [0, 0.1) is 5.82 Å². The van der Waals surface area contributed by atoms with Crippen LogP contribution in [0.2, 0.25) is 10.0 Å². The quantitative estimate of drug-likeness (QED) is 0.121. The third-order valence-corrected chi connectivity index (χ3v) is 6.90. The van der Waals surface area contributed by atoms with Crippen molar-refractivity contribution in [1.82, 2.24) is 4.98 Å². The van der Waals surface area contributed by atoms with Gasteiger partial charge in [-0.05, 0) is 36.8 Å². The van der Waals surface area contributed by atoms with Crippen molar-refractivity contribution in [1.29, 1.82) is 0 Å². The average molecular weight is 581 g/mol. The second-order valence-electron chi connectivity index (χ2n) is 8.24. The van der Waals surface area contributed by atoms with Gasteiger partial charge in [-0.15, -0.1) is 11.3 Å². The number of methoxy groups -OCH3 is 1. The Morgan fingerprint density at radius 1 is 1.16 bits per heavy atom. The van der Waals surface area contributed by atoms with Crippen molar-refractivity contribution in [2.24, 2.45) is 0 Å². The number of halogens is 3. The van der Waals surface area contributed by atoms with Crippen LogP contribution in [-0.2, 0) is 9.53 Å². The molecule has 0 saturated carbocycles. The lowest BCUT2D eigenvalue weighted by Gasteiger charge is -2.09. The van der Waals surface area contributed by atoms with E-state index in [0.717, 1.165) is 37.0 Å². The summed E-state index contributed by atoms with van der Waals surface area (Å²) < 4.78 is 25.5. The largest absolute Gasteiger partial charge is 0.490 e. The Bertz CT molecular complexity index is 1310. The van der Waals surface area contributed by atoms with E-state index in [1.165, 1.54) is 31.7 Å². The summed E-state index contributed by atoms with van der Waals surface area (Å²) in [5.41, 5.74) is 0.941. The summed E-state index contributed by atoms with van der Waals surface area (Å²) in [4.78, 5) is 28.3. The third kappa shape index (κ3) is 7.69. The van der Waals surface area contributed by atoms with Crippen molar-refractivity contribution in [2.75, 3.05) is 19.0 Å². The molecule has 7 nitrogen and oxygen atoms in total. The number of unbranched alkanes of at least 4 members (excludes halogenated alkanes) is 4. The van der Waals surface area contributed by atoms with Crippen LogP contribution >= 0.6 is 34.5 Å². The van der Waals surface area contributed by atoms with Crippen molar-refractivity contribution in [3.05, 3.63) is 68.5 Å². The zero-order valence-electron chi connectivity index (χ0n) is 20.9. The number of anilines is 1. The summed E-state index contributed by atoms with van der Waals surface area (Å²) in [5, 5.41) is 13.8. The maximum Gasteiger partial charge on any atom is 0.371 e. The van der Waals surface area contributed by atoms with E-state index >= 15 is 4.39 Å². The number of benzene rings is 2. The maximum atomic E-state index is 15.1. The normalized spacial score (nSPS) is 11.3. The summed E-state index contributed by atoms with van der Waals surface area (Å²) in [6, 6.07) is 7.57. The Morgan fingerprint density at radius 2 is 1.87 bits per heavy atom. The molecular formula is C27H27Cl2FN2O5S. The summed E-state index contributed by atoms with van der Waals surface area (Å²) in [6.07, 6.45) is 6.53. The molecule has 0 atom stereocenters. The Hall–Kier alpha value is -3.14. The zero-order chi connectivity index (χ0) is 27.7. The van der Waals surface area contributed by atoms with E-state index < -0.39 is 17.7 Å². The molecule has 2 N–H and O–H groups in total. The van der Waals surface area contributed by atoms with Gasteiger partial charge in [-0.2, -0.15) is 0 Å². The second-order valence-corrected chi connectivity index (χ2v) is 9.92. The molecule has 0 aliphatic carbocycles. The number of thiazole rings is 1. The van der Waals surface area contributed by atoms with Crippen molar-refractivity contribution in [2.45, 2.75) is 39.0 Å². The Kier molecular flexibility index (Phi) is 10.9. The molecule has 0 aliphatic heterocycles. The summed E-state index contributed by atoms with van der Waals surface area (Å²) in [5.74, 6) is -2.55. The molecule has 0 saturated heterocycles. The molecule has 38 heavy (non-hydrogen) atoms. The Morgan fingerprint density at radius 3 is 2.53 bits per heavy atom. The van der Waals surface area contributed by atoms with Gasteiger partial charge < -0.3 is 14.6 Å². The molecule has 202 valence electrons. The van der Waals surface area contributed by atoms with Gasteiger partial charge in [-0.25, -0.2) is 14.2 Å². The molecular weight excluding hydrogens is 554 g/mol. The van der Waals surface area contributed by atoms with E-state index in [0.29, 0.717) is 12.3 Å². The minimum absolute atomic E-state index is 0.0579. The van der Waals surface area contributed by atoms with Crippen molar-refractivity contribution < 1.29 is 28.6 Å². The molecule has 0 radical (unpaired) electrons. The van der Waals surface area contributed by atoms with Crippen LogP contribution in [0.5, 0.6) is 5.75 Å². The minimum Gasteiger partial charge on any atom is -0.490 e. The van der Waals surface area contributed by atoms with Gasteiger partial charge in [0.15, 0.2) is 16.7 Å². The van der Waals surface area contributed by atoms with E-state index in [4.69, 9.17) is 37.8 Å². The fourth-order valence-corrected chi connectivity index (χ4v) is 4.83. The fourth-order valence-electron chi connectivity index (χ4n) is 3.52. The number of carbonyl (C=O) groups excluding carboxylic acids is 1. The molecule has 11 heteroatoms. The highest BCUT2D eigenvalue weighted by Gasteiger charge is 2.18. The van der Waals surface area contributed by atoms with Gasteiger partial charge in [-0.1, -0.05) is 61.9 Å². The molecule has 1 heterocycles. The second kappa shape index (κ2) is 14.1. The van der Waals surface area contributed by atoms with Crippen molar-refractivity contribution in [3.63, 3.8) is 0 Å². The summed E-state index contributed by atoms with van der Waals surface area (Å²) in [6.45, 7) is 2.59. The predicted octanol–water partition coefficient (Wildman–Crippen LogP) is 7.93. The number of hydrogen-bond acceptors (Lipinski definition) is 6. The molecule has 2 aromatic carbocycles. The fraction of sp³-hybridized carbons (Fsp3) is 0.296. The standard InChI is InChI=1S/C27H27Cl2FN2O5S/c1-3-4-5-6-7-11-37-22-10-8-9-17(24(22)30)21-15-38-27(31-21)32-25(33)16-12-19(28)18(20(29)13-16)14-23(36-2)26(34)35/h8-10,12-15H,3-7,11H2,1-2H3,(H,34,35)(H,31,32,33)/b23-14-. The molecule has 0 spiro atoms. The van der Waals surface area contributed by atoms with Crippen LogP contribution in [0.1, 0.15) is 54.9 Å². The van der Waals surface area contributed by atoms with Gasteiger partial charge >= 0.3 is 5.97 Å². The first-order valence-corrected chi connectivity index (χ1v) is 13.5. The van der Waals surface area contributed by atoms with E-state index in [-0.39, 0.29) is 43.4 Å². The molecule has 0 bridgehead atoms. The lowest BCUT2D eigenvalue weighted by atomic mass is 10.1. The summed E-state index contributed by atoms with van der Waals surface area (Å²) in [7, 11) is 1.20. The lowest BCUT2D eigenvalue weighted by molar-refractivity contribution is -0.135. The zero-order valence-corrected chi connectivity index (χ0v) is 23.2. The van der Waals surface area contributed by atoms with Crippen LogP contribution in [0.3, 0.4) is 0 Å². The SMILES string of the molecule is CCCCCCCOc1cccc(-c2csc(NC(=O)c3cc(Cl)c(/C=C(\OC)C(=O)O)c(Cl)c3)n2)c1F. The Labute approximate surface area is 234 Å². The highest BCUT2D eigenvalue weighted by atomic mass is 35.5. The number of nitrogens with zero attached hydrogens (tertiary/aromatic N) is 1. The number of nitrogens with one attached hydrogen (secondary N) is 1. The first kappa shape index (κ1) is 29.4. The van der Waals surface area contributed by atoms with Crippen LogP contribution in [0.4, 0.5) is 9.52 Å². The number of aromatic nitrogens is 1. The van der Waals surface area contributed by atoms with Crippen LogP contribution in [-0.4, -0.2) is 35.7 Å². The number of carboxylic acids is 1. The molecule has 3 aromatic rings.